The summed E-state index contributed by atoms with van der Waals surface area (Å²) in [6.45, 7) is 2.12. The van der Waals surface area contributed by atoms with Crippen LogP contribution in [0.4, 0.5) is 5.69 Å². The summed E-state index contributed by atoms with van der Waals surface area (Å²) in [6.07, 6.45) is 3.65. The molecule has 0 aliphatic carbocycles. The third-order valence-electron chi connectivity index (χ3n) is 2.99. The Kier molecular flexibility index (Phi) is 5.17. The van der Waals surface area contributed by atoms with E-state index in [1.807, 2.05) is 42.5 Å². The zero-order valence-electron chi connectivity index (χ0n) is 12.0. The number of aryl methyl sites for hydroxylation is 1. The molecule has 0 saturated carbocycles. The normalized spacial score (nSPS) is 11.7. The van der Waals surface area contributed by atoms with Gasteiger partial charge >= 0.3 is 0 Å². The lowest BCUT2D eigenvalue weighted by Crippen LogP contribution is -2.08. The van der Waals surface area contributed by atoms with Crippen LogP contribution >= 0.6 is 0 Å². The predicted octanol–water partition coefficient (Wildman–Crippen LogP) is 4.05. The highest BCUT2D eigenvalue weighted by molar-refractivity contribution is 7.95. The highest BCUT2D eigenvalue weighted by Crippen LogP contribution is 2.13. The summed E-state index contributed by atoms with van der Waals surface area (Å²) in [6, 6.07) is 16.8. The van der Waals surface area contributed by atoms with Gasteiger partial charge in [0, 0.05) is 5.69 Å². The Labute approximate surface area is 126 Å². The van der Waals surface area contributed by atoms with E-state index in [-0.39, 0.29) is 0 Å². The molecule has 3 nitrogen and oxygen atoms in total. The molecule has 2 rings (SSSR count). The van der Waals surface area contributed by atoms with Gasteiger partial charge < -0.3 is 0 Å². The molecule has 110 valence electrons. The standard InChI is InChI=1S/C17H19NO2S/c1-2-6-15-9-11-17(12-10-15)18-21(19,20)14-13-16-7-4-3-5-8-16/h3-5,7-14,18H,2,6H2,1H3. The molecule has 0 radical (unpaired) electrons. The molecule has 0 aliphatic rings. The van der Waals surface area contributed by atoms with Crippen molar-refractivity contribution in [2.24, 2.45) is 0 Å². The third-order valence-corrected chi connectivity index (χ3v) is 4.01. The van der Waals surface area contributed by atoms with Crippen molar-refractivity contribution in [3.05, 3.63) is 71.1 Å². The minimum Gasteiger partial charge on any atom is -0.280 e. The van der Waals surface area contributed by atoms with E-state index in [2.05, 4.69) is 11.6 Å². The van der Waals surface area contributed by atoms with Crippen molar-refractivity contribution in [2.75, 3.05) is 4.72 Å². The zero-order valence-corrected chi connectivity index (χ0v) is 12.8. The first-order chi connectivity index (χ1) is 10.1. The fourth-order valence-electron chi connectivity index (χ4n) is 1.96. The van der Waals surface area contributed by atoms with Gasteiger partial charge in [-0.15, -0.1) is 0 Å². The van der Waals surface area contributed by atoms with Crippen molar-refractivity contribution in [1.29, 1.82) is 0 Å². The topological polar surface area (TPSA) is 46.2 Å². The van der Waals surface area contributed by atoms with Gasteiger partial charge in [0.05, 0.1) is 5.41 Å². The second-order valence-electron chi connectivity index (χ2n) is 4.81. The van der Waals surface area contributed by atoms with Crippen molar-refractivity contribution < 1.29 is 8.42 Å². The summed E-state index contributed by atoms with van der Waals surface area (Å²) in [5.74, 6) is 0. The molecule has 4 heteroatoms. The molecular weight excluding hydrogens is 282 g/mol. The van der Waals surface area contributed by atoms with Crippen LogP contribution in [0.2, 0.25) is 0 Å². The molecule has 0 amide bonds. The molecule has 0 aromatic heterocycles. The first-order valence-corrected chi connectivity index (χ1v) is 8.48. The summed E-state index contributed by atoms with van der Waals surface area (Å²) in [4.78, 5) is 0. The fourth-order valence-corrected chi connectivity index (χ4v) is 2.83. The largest absolute Gasteiger partial charge is 0.280 e. The highest BCUT2D eigenvalue weighted by Gasteiger charge is 2.05. The van der Waals surface area contributed by atoms with E-state index in [4.69, 9.17) is 0 Å². The van der Waals surface area contributed by atoms with Crippen LogP contribution in [0.5, 0.6) is 0 Å². The molecule has 1 N–H and O–H groups in total. The van der Waals surface area contributed by atoms with Gasteiger partial charge in [-0.3, -0.25) is 4.72 Å². The lowest BCUT2D eigenvalue weighted by Gasteiger charge is -2.05. The summed E-state index contributed by atoms with van der Waals surface area (Å²) < 4.78 is 26.5. The second-order valence-corrected chi connectivity index (χ2v) is 6.37. The monoisotopic (exact) mass is 301 g/mol. The van der Waals surface area contributed by atoms with Gasteiger partial charge in [0.25, 0.3) is 10.0 Å². The Morgan fingerprint density at radius 2 is 1.67 bits per heavy atom. The van der Waals surface area contributed by atoms with E-state index in [0.29, 0.717) is 5.69 Å². The number of sulfonamides is 1. The van der Waals surface area contributed by atoms with Gasteiger partial charge in [-0.25, -0.2) is 8.42 Å². The van der Waals surface area contributed by atoms with Crippen LogP contribution in [0.3, 0.4) is 0 Å². The van der Waals surface area contributed by atoms with Crippen molar-refractivity contribution in [3.63, 3.8) is 0 Å². The fraction of sp³-hybridized carbons (Fsp3) is 0.176. The lowest BCUT2D eigenvalue weighted by molar-refractivity contribution is 0.609. The maximum atomic E-state index is 12.0. The average Bonchev–Trinajstić information content (AvgIpc) is 2.48. The quantitative estimate of drug-likeness (QED) is 0.875. The van der Waals surface area contributed by atoms with Gasteiger partial charge in [-0.1, -0.05) is 55.8 Å². The molecule has 2 aromatic carbocycles. The molecule has 0 spiro atoms. The van der Waals surface area contributed by atoms with E-state index < -0.39 is 10.0 Å². The zero-order chi connectivity index (χ0) is 15.1. The average molecular weight is 301 g/mol. The third kappa shape index (κ3) is 5.08. The number of nitrogens with one attached hydrogen (secondary N) is 1. The number of hydrogen-bond donors (Lipinski definition) is 1. The van der Waals surface area contributed by atoms with Crippen LogP contribution in [-0.2, 0) is 16.4 Å². The summed E-state index contributed by atoms with van der Waals surface area (Å²) in [5.41, 5.74) is 2.63. The summed E-state index contributed by atoms with van der Waals surface area (Å²) in [5, 5.41) is 1.18. The Bertz CT molecular complexity index is 689. The molecule has 0 heterocycles. The molecule has 0 unspecified atom stereocenters. The molecular formula is C17H19NO2S. The minimum atomic E-state index is -3.49. The maximum absolute atomic E-state index is 12.0. The van der Waals surface area contributed by atoms with Crippen molar-refractivity contribution >= 4 is 21.8 Å². The van der Waals surface area contributed by atoms with Crippen LogP contribution in [0, 0.1) is 0 Å². The van der Waals surface area contributed by atoms with Crippen LogP contribution in [0.25, 0.3) is 6.08 Å². The van der Waals surface area contributed by atoms with E-state index in [0.717, 1.165) is 18.4 Å². The second kappa shape index (κ2) is 7.09. The highest BCUT2D eigenvalue weighted by atomic mass is 32.2. The van der Waals surface area contributed by atoms with Gasteiger partial charge in [-0.05, 0) is 35.8 Å². The number of benzene rings is 2. The molecule has 0 saturated heterocycles. The molecule has 0 atom stereocenters. The molecule has 0 bridgehead atoms. The summed E-state index contributed by atoms with van der Waals surface area (Å²) >= 11 is 0. The van der Waals surface area contributed by atoms with Crippen LogP contribution in [-0.4, -0.2) is 8.42 Å². The predicted molar refractivity (Wildman–Crippen MR) is 88.5 cm³/mol. The molecule has 0 aliphatic heterocycles. The Morgan fingerprint density at radius 1 is 1.00 bits per heavy atom. The van der Waals surface area contributed by atoms with E-state index in [9.17, 15) is 8.42 Å². The van der Waals surface area contributed by atoms with Gasteiger partial charge in [0.2, 0.25) is 0 Å². The Morgan fingerprint density at radius 3 is 2.29 bits per heavy atom. The number of rotatable bonds is 6. The van der Waals surface area contributed by atoms with E-state index >= 15 is 0 Å². The molecule has 2 aromatic rings. The van der Waals surface area contributed by atoms with E-state index in [1.165, 1.54) is 11.0 Å². The first-order valence-electron chi connectivity index (χ1n) is 6.94. The smallest absolute Gasteiger partial charge is 0.255 e. The van der Waals surface area contributed by atoms with Crippen LogP contribution < -0.4 is 4.72 Å². The molecule has 0 fully saturated rings. The minimum absolute atomic E-state index is 0.576. The number of hydrogen-bond acceptors (Lipinski definition) is 2. The maximum Gasteiger partial charge on any atom is 0.255 e. The van der Waals surface area contributed by atoms with E-state index in [1.54, 1.807) is 18.2 Å². The summed E-state index contributed by atoms with van der Waals surface area (Å²) in [7, 11) is -3.49. The van der Waals surface area contributed by atoms with Crippen LogP contribution in [0.1, 0.15) is 24.5 Å². The molecule has 21 heavy (non-hydrogen) atoms. The Hall–Kier alpha value is -2.07. The van der Waals surface area contributed by atoms with Crippen molar-refractivity contribution in [1.82, 2.24) is 0 Å². The van der Waals surface area contributed by atoms with Gasteiger partial charge in [0.1, 0.15) is 0 Å². The van der Waals surface area contributed by atoms with Crippen LogP contribution in [0.15, 0.2) is 60.0 Å². The van der Waals surface area contributed by atoms with Crippen molar-refractivity contribution in [3.8, 4) is 0 Å². The first kappa shape index (κ1) is 15.3. The Balaban J connectivity index is 2.05. The number of anilines is 1. The lowest BCUT2D eigenvalue weighted by atomic mass is 10.1. The van der Waals surface area contributed by atoms with Gasteiger partial charge in [-0.2, -0.15) is 0 Å². The van der Waals surface area contributed by atoms with Gasteiger partial charge in [0.15, 0.2) is 0 Å². The van der Waals surface area contributed by atoms with Crippen molar-refractivity contribution in [2.45, 2.75) is 19.8 Å². The SMILES string of the molecule is CCCc1ccc(NS(=O)(=O)C=Cc2ccccc2)cc1.